The van der Waals surface area contributed by atoms with E-state index in [0.29, 0.717) is 30.5 Å². The van der Waals surface area contributed by atoms with E-state index in [4.69, 9.17) is 0 Å². The van der Waals surface area contributed by atoms with Gasteiger partial charge in [0.05, 0.1) is 11.1 Å². The van der Waals surface area contributed by atoms with Crippen LogP contribution in [0.1, 0.15) is 71.2 Å². The average molecular weight is 354 g/mol. The van der Waals surface area contributed by atoms with Gasteiger partial charge in [0.2, 0.25) is 5.91 Å². The number of nitrogens with zero attached hydrogens (tertiary/aromatic N) is 1. The lowest BCUT2D eigenvalue weighted by atomic mass is 9.97. The third-order valence-electron chi connectivity index (χ3n) is 5.07. The molecule has 3 rings (SSSR count). The predicted molar refractivity (Wildman–Crippen MR) is 100.0 cm³/mol. The van der Waals surface area contributed by atoms with Crippen molar-refractivity contribution in [3.63, 3.8) is 0 Å². The van der Waals surface area contributed by atoms with Crippen LogP contribution in [0.2, 0.25) is 0 Å². The molecule has 0 unspecified atom stereocenters. The zero-order valence-electron chi connectivity index (χ0n) is 15.3. The fraction of sp³-hybridized carbons (Fsp3) is 0.476. The van der Waals surface area contributed by atoms with E-state index in [1.54, 1.807) is 12.1 Å². The Morgan fingerprint density at radius 3 is 2.73 bits per heavy atom. The monoisotopic (exact) mass is 354 g/mol. The molecule has 2 aliphatic rings. The molecule has 0 bridgehead atoms. The number of fused-ring (bicyclic) bond motifs is 1. The van der Waals surface area contributed by atoms with Gasteiger partial charge in [0.25, 0.3) is 11.8 Å². The summed E-state index contributed by atoms with van der Waals surface area (Å²) in [5.41, 5.74) is 3.34. The third-order valence-corrected chi connectivity index (χ3v) is 5.07. The molecule has 5 heteroatoms. The molecule has 0 spiro atoms. The average Bonchev–Trinajstić information content (AvgIpc) is 2.87. The summed E-state index contributed by atoms with van der Waals surface area (Å²) < 4.78 is 0. The lowest BCUT2D eigenvalue weighted by Gasteiger charge is -2.14. The normalized spacial score (nSPS) is 16.5. The number of hydrogen-bond donors (Lipinski definition) is 1. The van der Waals surface area contributed by atoms with Gasteiger partial charge in [-0.25, -0.2) is 0 Å². The summed E-state index contributed by atoms with van der Waals surface area (Å²) in [6.45, 7) is 2.84. The molecule has 1 N–H and O–H groups in total. The third kappa shape index (κ3) is 4.21. The smallest absolute Gasteiger partial charge is 0.261 e. The molecule has 1 heterocycles. The molecule has 5 nitrogen and oxygen atoms in total. The van der Waals surface area contributed by atoms with Gasteiger partial charge in [-0.1, -0.05) is 23.3 Å². The van der Waals surface area contributed by atoms with Gasteiger partial charge < -0.3 is 5.32 Å². The van der Waals surface area contributed by atoms with Crippen molar-refractivity contribution in [1.82, 2.24) is 10.2 Å². The summed E-state index contributed by atoms with van der Waals surface area (Å²) in [7, 11) is 0. The topological polar surface area (TPSA) is 66.5 Å². The quantitative estimate of drug-likeness (QED) is 0.603. The van der Waals surface area contributed by atoms with Gasteiger partial charge in [-0.05, 0) is 57.6 Å². The summed E-state index contributed by atoms with van der Waals surface area (Å²) in [6, 6.07) is 5.29. The molecule has 0 saturated heterocycles. The van der Waals surface area contributed by atoms with Crippen LogP contribution < -0.4 is 5.32 Å². The highest BCUT2D eigenvalue weighted by Crippen LogP contribution is 2.24. The molecule has 0 aromatic heterocycles. The van der Waals surface area contributed by atoms with Crippen LogP contribution in [-0.2, 0) is 4.79 Å². The Balaban J connectivity index is 1.41. The SMILES string of the molecule is Cc1ccc2c(c1)C(=O)N(CCCC(=O)NCCC1=CCCCC1)C2=O. The molecule has 1 aliphatic carbocycles. The van der Waals surface area contributed by atoms with E-state index in [0.717, 1.165) is 24.8 Å². The van der Waals surface area contributed by atoms with Crippen LogP contribution in [0.25, 0.3) is 0 Å². The highest BCUT2D eigenvalue weighted by molar-refractivity contribution is 6.21. The van der Waals surface area contributed by atoms with Crippen LogP contribution in [0.15, 0.2) is 29.8 Å². The van der Waals surface area contributed by atoms with E-state index >= 15 is 0 Å². The minimum atomic E-state index is -0.255. The number of nitrogens with one attached hydrogen (secondary N) is 1. The first kappa shape index (κ1) is 18.4. The highest BCUT2D eigenvalue weighted by atomic mass is 16.2. The number of hydrogen-bond acceptors (Lipinski definition) is 3. The van der Waals surface area contributed by atoms with Gasteiger partial charge >= 0.3 is 0 Å². The first-order chi connectivity index (χ1) is 12.6. The van der Waals surface area contributed by atoms with Crippen LogP contribution >= 0.6 is 0 Å². The van der Waals surface area contributed by atoms with Crippen molar-refractivity contribution >= 4 is 17.7 Å². The fourth-order valence-corrected chi connectivity index (χ4v) is 3.59. The van der Waals surface area contributed by atoms with E-state index in [1.807, 2.05) is 13.0 Å². The minimum Gasteiger partial charge on any atom is -0.356 e. The largest absolute Gasteiger partial charge is 0.356 e. The maximum Gasteiger partial charge on any atom is 0.261 e. The van der Waals surface area contributed by atoms with Crippen LogP contribution in [0, 0.1) is 6.92 Å². The van der Waals surface area contributed by atoms with Crippen LogP contribution in [-0.4, -0.2) is 35.7 Å². The number of allylic oxidation sites excluding steroid dienone is 1. The van der Waals surface area contributed by atoms with Gasteiger partial charge in [-0.3, -0.25) is 19.3 Å². The van der Waals surface area contributed by atoms with Crippen LogP contribution in [0.5, 0.6) is 0 Å². The number of imide groups is 1. The number of aryl methyl sites for hydroxylation is 1. The Morgan fingerprint density at radius 2 is 1.96 bits per heavy atom. The van der Waals surface area contributed by atoms with Crippen molar-refractivity contribution in [2.45, 2.75) is 51.9 Å². The first-order valence-electron chi connectivity index (χ1n) is 9.47. The van der Waals surface area contributed by atoms with E-state index < -0.39 is 0 Å². The Kier molecular flexibility index (Phi) is 5.86. The summed E-state index contributed by atoms with van der Waals surface area (Å²) in [5, 5.41) is 2.93. The van der Waals surface area contributed by atoms with E-state index in [1.165, 1.54) is 23.3 Å². The Hall–Kier alpha value is -2.43. The minimum absolute atomic E-state index is 0.0196. The molecule has 0 saturated carbocycles. The first-order valence-corrected chi connectivity index (χ1v) is 9.47. The maximum atomic E-state index is 12.4. The second kappa shape index (κ2) is 8.30. The number of carbonyl (C=O) groups is 3. The van der Waals surface area contributed by atoms with Crippen molar-refractivity contribution in [1.29, 1.82) is 0 Å². The standard InChI is InChI=1S/C21H26N2O3/c1-15-9-10-17-18(14-15)21(26)23(20(17)25)13-5-8-19(24)22-12-11-16-6-3-2-4-7-16/h6,9-10,14H,2-5,7-8,11-13H2,1H3,(H,22,24). The predicted octanol–water partition coefficient (Wildman–Crippen LogP) is 3.38. The van der Waals surface area contributed by atoms with Gasteiger partial charge in [-0.2, -0.15) is 0 Å². The van der Waals surface area contributed by atoms with Gasteiger partial charge in [0, 0.05) is 19.5 Å². The molecular formula is C21H26N2O3. The van der Waals surface area contributed by atoms with Gasteiger partial charge in [-0.15, -0.1) is 0 Å². The number of rotatable bonds is 7. The summed E-state index contributed by atoms with van der Waals surface area (Å²) >= 11 is 0. The maximum absolute atomic E-state index is 12.4. The van der Waals surface area contributed by atoms with E-state index in [2.05, 4.69) is 11.4 Å². The highest BCUT2D eigenvalue weighted by Gasteiger charge is 2.34. The molecule has 0 radical (unpaired) electrons. The number of amides is 3. The number of carbonyl (C=O) groups excluding carboxylic acids is 3. The fourth-order valence-electron chi connectivity index (χ4n) is 3.59. The van der Waals surface area contributed by atoms with E-state index in [9.17, 15) is 14.4 Å². The number of benzene rings is 1. The molecule has 138 valence electrons. The molecule has 1 aromatic rings. The zero-order valence-corrected chi connectivity index (χ0v) is 15.3. The Labute approximate surface area is 154 Å². The Bertz CT molecular complexity index is 752. The molecular weight excluding hydrogens is 328 g/mol. The van der Waals surface area contributed by atoms with Crippen molar-refractivity contribution in [2.75, 3.05) is 13.1 Å². The molecule has 1 aromatic carbocycles. The molecule has 26 heavy (non-hydrogen) atoms. The second-order valence-corrected chi connectivity index (χ2v) is 7.12. The Morgan fingerprint density at radius 1 is 1.15 bits per heavy atom. The lowest BCUT2D eigenvalue weighted by molar-refractivity contribution is -0.121. The van der Waals surface area contributed by atoms with Gasteiger partial charge in [0.15, 0.2) is 0 Å². The van der Waals surface area contributed by atoms with Crippen molar-refractivity contribution in [2.24, 2.45) is 0 Å². The van der Waals surface area contributed by atoms with E-state index in [-0.39, 0.29) is 24.3 Å². The van der Waals surface area contributed by atoms with Crippen LogP contribution in [0.4, 0.5) is 0 Å². The van der Waals surface area contributed by atoms with Crippen LogP contribution in [0.3, 0.4) is 0 Å². The van der Waals surface area contributed by atoms with Gasteiger partial charge in [0.1, 0.15) is 0 Å². The summed E-state index contributed by atoms with van der Waals surface area (Å²) in [6.07, 6.45) is 8.85. The van der Waals surface area contributed by atoms with Crippen molar-refractivity contribution in [3.05, 3.63) is 46.5 Å². The molecule has 3 amide bonds. The molecule has 0 atom stereocenters. The molecule has 0 fully saturated rings. The summed E-state index contributed by atoms with van der Waals surface area (Å²) in [5.74, 6) is -0.526. The zero-order chi connectivity index (χ0) is 18.5. The van der Waals surface area contributed by atoms with Crippen molar-refractivity contribution < 1.29 is 14.4 Å². The lowest BCUT2D eigenvalue weighted by Crippen LogP contribution is -2.32. The summed E-state index contributed by atoms with van der Waals surface area (Å²) in [4.78, 5) is 37.9. The second-order valence-electron chi connectivity index (χ2n) is 7.12. The van der Waals surface area contributed by atoms with Crippen molar-refractivity contribution in [3.8, 4) is 0 Å². The molecule has 1 aliphatic heterocycles.